The van der Waals surface area contributed by atoms with Gasteiger partial charge in [0.05, 0.1) is 17.6 Å². The molecule has 0 saturated carbocycles. The van der Waals surface area contributed by atoms with Gasteiger partial charge < -0.3 is 9.30 Å². The van der Waals surface area contributed by atoms with Gasteiger partial charge in [-0.05, 0) is 24.3 Å². The molecule has 0 amide bonds. The van der Waals surface area contributed by atoms with Gasteiger partial charge in [-0.25, -0.2) is 22.6 Å². The van der Waals surface area contributed by atoms with Crippen LogP contribution < -0.4 is 5.56 Å². The maximum Gasteiger partial charge on any atom is 0.341 e. The molecule has 0 spiro atoms. The molecule has 0 radical (unpaired) electrons. The van der Waals surface area contributed by atoms with Crippen molar-refractivity contribution >= 4 is 16.0 Å². The van der Waals surface area contributed by atoms with Gasteiger partial charge in [0, 0.05) is 32.2 Å². The number of nitrogens with one attached hydrogen (secondary N) is 1. The van der Waals surface area contributed by atoms with Gasteiger partial charge in [0.25, 0.3) is 5.56 Å². The van der Waals surface area contributed by atoms with Crippen LogP contribution in [0.5, 0.6) is 0 Å². The highest BCUT2D eigenvalue weighted by Crippen LogP contribution is 2.24. The predicted octanol–water partition coefficient (Wildman–Crippen LogP) is 0.702. The zero-order valence-electron chi connectivity index (χ0n) is 14.3. The first-order valence-corrected chi connectivity index (χ1v) is 8.91. The number of pyridine rings is 1. The van der Waals surface area contributed by atoms with Crippen LogP contribution in [-0.2, 0) is 14.8 Å². The second-order valence-electron chi connectivity index (χ2n) is 5.67. The highest BCUT2D eigenvalue weighted by Gasteiger charge is 2.22. The molecule has 136 valence electrons. The van der Waals surface area contributed by atoms with E-state index in [0.29, 0.717) is 5.69 Å². The molecule has 0 aromatic heterocycles. The van der Waals surface area contributed by atoms with Crippen molar-refractivity contribution in [3.63, 3.8) is 0 Å². The minimum Gasteiger partial charge on any atom is -0.465 e. The third-order valence-electron chi connectivity index (χ3n) is 3.88. The molecule has 2 heterocycles. The number of carbonyl (C=O) groups excluding carboxylic acids is 1. The second-order valence-corrected chi connectivity index (χ2v) is 7.82. The van der Waals surface area contributed by atoms with Crippen molar-refractivity contribution in [1.29, 1.82) is 0 Å². The van der Waals surface area contributed by atoms with Gasteiger partial charge in [-0.1, -0.05) is 0 Å². The minimum atomic E-state index is -3.55. The number of nitrogens with zero attached hydrogens (tertiary/aromatic N) is 3. The lowest BCUT2D eigenvalue weighted by atomic mass is 10.1. The van der Waals surface area contributed by atoms with E-state index in [9.17, 15) is 18.0 Å². The molecule has 1 aromatic carbocycles. The third kappa shape index (κ3) is 2.89. The number of rotatable bonds is 4. The molecule has 3 rings (SSSR count). The van der Waals surface area contributed by atoms with Crippen LogP contribution in [0.3, 0.4) is 0 Å². The Labute approximate surface area is 149 Å². The van der Waals surface area contributed by atoms with E-state index in [1.807, 2.05) is 0 Å². The Morgan fingerprint density at radius 2 is 1.85 bits per heavy atom. The molecule has 10 heteroatoms. The summed E-state index contributed by atoms with van der Waals surface area (Å²) in [6.07, 6.45) is 2.99. The standard InChI is InChI=1S/C16H16N4O5S/c1-19(2)26(23,24)11-6-4-10(5-7-11)20-8-12-14(17-18-15(12)21)13(9-20)16(22)25-3/h4-9H,1-3H3,(H,18,21). The Morgan fingerprint density at radius 1 is 1.19 bits per heavy atom. The summed E-state index contributed by atoms with van der Waals surface area (Å²) < 4.78 is 31.7. The Morgan fingerprint density at radius 3 is 2.42 bits per heavy atom. The maximum atomic E-state index is 12.2. The lowest BCUT2D eigenvalue weighted by Gasteiger charge is -2.14. The number of aromatic amines is 1. The number of carbonyl (C=O) groups is 1. The number of hydrogen-bond acceptors (Lipinski definition) is 6. The van der Waals surface area contributed by atoms with Crippen LogP contribution in [-0.4, -0.2) is 54.7 Å². The summed E-state index contributed by atoms with van der Waals surface area (Å²) in [7, 11) is 0.580. The molecule has 0 fully saturated rings. The number of aromatic nitrogens is 3. The highest BCUT2D eigenvalue weighted by atomic mass is 32.2. The lowest BCUT2D eigenvalue weighted by molar-refractivity contribution is 0.0600. The van der Waals surface area contributed by atoms with Crippen molar-refractivity contribution in [3.8, 4) is 16.9 Å². The number of fused-ring (bicyclic) bond motifs is 1. The Hall–Kier alpha value is -2.98. The summed E-state index contributed by atoms with van der Waals surface area (Å²) in [5.74, 6) is -0.636. The van der Waals surface area contributed by atoms with Crippen molar-refractivity contribution in [3.05, 3.63) is 52.6 Å². The van der Waals surface area contributed by atoms with E-state index in [1.54, 1.807) is 12.1 Å². The summed E-state index contributed by atoms with van der Waals surface area (Å²) in [5, 5.41) is 6.16. The summed E-state index contributed by atoms with van der Waals surface area (Å²) in [4.78, 5) is 24.1. The molecule has 0 unspecified atom stereocenters. The first-order valence-electron chi connectivity index (χ1n) is 7.47. The first-order chi connectivity index (χ1) is 12.3. The number of sulfonamides is 1. The van der Waals surface area contributed by atoms with Crippen LogP contribution >= 0.6 is 0 Å². The number of methoxy groups -OCH3 is 1. The van der Waals surface area contributed by atoms with Crippen LogP contribution in [0.2, 0.25) is 0 Å². The van der Waals surface area contributed by atoms with Crippen molar-refractivity contribution in [2.24, 2.45) is 0 Å². The monoisotopic (exact) mass is 376 g/mol. The SMILES string of the molecule is COC(=O)c1cn(-c2ccc(S(=O)(=O)N(C)C)cc2)cc2c(=O)[nH]nc1-2. The highest BCUT2D eigenvalue weighted by molar-refractivity contribution is 7.89. The smallest absolute Gasteiger partial charge is 0.341 e. The molecule has 0 saturated heterocycles. The van der Waals surface area contributed by atoms with Crippen LogP contribution in [0.25, 0.3) is 16.9 Å². The molecule has 0 aliphatic carbocycles. The van der Waals surface area contributed by atoms with E-state index in [0.717, 1.165) is 4.31 Å². The van der Waals surface area contributed by atoms with Crippen molar-refractivity contribution in [2.75, 3.05) is 21.2 Å². The predicted molar refractivity (Wildman–Crippen MR) is 93.0 cm³/mol. The van der Waals surface area contributed by atoms with Gasteiger partial charge in [0.2, 0.25) is 10.0 Å². The molecule has 0 bridgehead atoms. The molecule has 2 aliphatic heterocycles. The zero-order valence-corrected chi connectivity index (χ0v) is 15.1. The number of esters is 1. The number of H-pyrrole nitrogens is 1. The number of ether oxygens (including phenoxy) is 1. The largest absolute Gasteiger partial charge is 0.465 e. The first kappa shape index (κ1) is 17.8. The number of benzene rings is 1. The Balaban J connectivity index is 2.14. The summed E-state index contributed by atoms with van der Waals surface area (Å²) in [6.45, 7) is 0. The topological polar surface area (TPSA) is 114 Å². The lowest BCUT2D eigenvalue weighted by Crippen LogP contribution is -2.22. The fourth-order valence-corrected chi connectivity index (χ4v) is 3.35. The normalized spacial score (nSPS) is 11.8. The molecule has 2 aliphatic rings. The van der Waals surface area contributed by atoms with Crippen molar-refractivity contribution in [1.82, 2.24) is 19.1 Å². The molecule has 1 N–H and O–H groups in total. The molecular formula is C16H16N4O5S. The summed E-state index contributed by atoms with van der Waals surface area (Å²) in [5.41, 5.74) is 0.679. The van der Waals surface area contributed by atoms with E-state index >= 15 is 0 Å². The molecule has 1 aromatic rings. The van der Waals surface area contributed by atoms with E-state index < -0.39 is 21.6 Å². The van der Waals surface area contributed by atoms with E-state index in [2.05, 4.69) is 10.2 Å². The van der Waals surface area contributed by atoms with Gasteiger partial charge in [-0.15, -0.1) is 0 Å². The molecule has 9 nitrogen and oxygen atoms in total. The second kappa shape index (κ2) is 6.39. The zero-order chi connectivity index (χ0) is 19.1. The average Bonchev–Trinajstić information content (AvgIpc) is 3.01. The Kier molecular flexibility index (Phi) is 4.38. The summed E-state index contributed by atoms with van der Waals surface area (Å²) in [6, 6.07) is 6.06. The van der Waals surface area contributed by atoms with Gasteiger partial charge >= 0.3 is 5.97 Å². The quantitative estimate of drug-likeness (QED) is 0.671. The van der Waals surface area contributed by atoms with Gasteiger partial charge in [0.15, 0.2) is 0 Å². The van der Waals surface area contributed by atoms with Crippen LogP contribution in [0.4, 0.5) is 0 Å². The summed E-state index contributed by atoms with van der Waals surface area (Å²) >= 11 is 0. The van der Waals surface area contributed by atoms with Crippen molar-refractivity contribution in [2.45, 2.75) is 4.90 Å². The maximum absolute atomic E-state index is 12.2. The average molecular weight is 376 g/mol. The molecule has 26 heavy (non-hydrogen) atoms. The minimum absolute atomic E-state index is 0.119. The van der Waals surface area contributed by atoms with Crippen LogP contribution in [0.1, 0.15) is 10.4 Å². The number of hydrogen-bond donors (Lipinski definition) is 1. The van der Waals surface area contributed by atoms with Gasteiger partial charge in [-0.2, -0.15) is 5.10 Å². The van der Waals surface area contributed by atoms with Gasteiger partial charge in [0.1, 0.15) is 11.3 Å². The van der Waals surface area contributed by atoms with Crippen LogP contribution in [0, 0.1) is 0 Å². The Bertz CT molecular complexity index is 1100. The van der Waals surface area contributed by atoms with E-state index in [-0.39, 0.29) is 21.7 Å². The molecule has 0 atom stereocenters. The molecular weight excluding hydrogens is 360 g/mol. The van der Waals surface area contributed by atoms with Crippen molar-refractivity contribution < 1.29 is 17.9 Å². The fourth-order valence-electron chi connectivity index (χ4n) is 2.45. The van der Waals surface area contributed by atoms with E-state index in [1.165, 1.54) is 50.3 Å². The fraction of sp³-hybridized carbons (Fsp3) is 0.188. The van der Waals surface area contributed by atoms with E-state index in [4.69, 9.17) is 4.74 Å². The third-order valence-corrected chi connectivity index (χ3v) is 5.71. The van der Waals surface area contributed by atoms with Gasteiger partial charge in [-0.3, -0.25) is 4.79 Å². The van der Waals surface area contributed by atoms with Crippen LogP contribution in [0.15, 0.2) is 46.3 Å².